The largest absolute Gasteiger partial charge is 0.491 e. The van der Waals surface area contributed by atoms with Gasteiger partial charge in [0.15, 0.2) is 11.6 Å². The lowest BCUT2D eigenvalue weighted by Gasteiger charge is -2.10. The Bertz CT molecular complexity index is 328. The van der Waals surface area contributed by atoms with Crippen molar-refractivity contribution >= 4 is 0 Å². The second kappa shape index (κ2) is 6.48. The first-order valence-corrected chi connectivity index (χ1v) is 5.78. The van der Waals surface area contributed by atoms with Gasteiger partial charge in [-0.2, -0.15) is 0 Å². The number of halogens is 1. The zero-order valence-electron chi connectivity index (χ0n) is 10.0. The van der Waals surface area contributed by atoms with Crippen LogP contribution in [0.3, 0.4) is 0 Å². The summed E-state index contributed by atoms with van der Waals surface area (Å²) in [6.45, 7) is 4.31. The summed E-state index contributed by atoms with van der Waals surface area (Å²) < 4.78 is 18.9. The van der Waals surface area contributed by atoms with E-state index in [1.807, 2.05) is 0 Å². The minimum Gasteiger partial charge on any atom is -0.491 e. The summed E-state index contributed by atoms with van der Waals surface area (Å²) in [5, 5.41) is 0. The third-order valence-corrected chi connectivity index (χ3v) is 2.66. The van der Waals surface area contributed by atoms with Crippen molar-refractivity contribution < 1.29 is 9.13 Å². The maximum absolute atomic E-state index is 13.5. The molecular formula is C13H20FNO. The summed E-state index contributed by atoms with van der Waals surface area (Å²) in [6.07, 6.45) is 2.76. The summed E-state index contributed by atoms with van der Waals surface area (Å²) in [5.74, 6) is 0.0763. The fourth-order valence-corrected chi connectivity index (χ4v) is 1.46. The molecule has 90 valence electrons. The van der Waals surface area contributed by atoms with E-state index in [-0.39, 0.29) is 11.9 Å². The molecule has 0 aromatic heterocycles. The molecule has 0 heterocycles. The number of benzene rings is 1. The summed E-state index contributed by atoms with van der Waals surface area (Å²) >= 11 is 0. The van der Waals surface area contributed by atoms with E-state index in [1.54, 1.807) is 25.1 Å². The Kier molecular flexibility index (Phi) is 5.26. The fourth-order valence-electron chi connectivity index (χ4n) is 1.46. The first-order chi connectivity index (χ1) is 7.65. The average Bonchev–Trinajstić information content (AvgIpc) is 2.29. The molecule has 3 heteroatoms. The molecule has 16 heavy (non-hydrogen) atoms. The highest BCUT2D eigenvalue weighted by molar-refractivity contribution is 5.29. The van der Waals surface area contributed by atoms with E-state index < -0.39 is 0 Å². The second-order valence-electron chi connectivity index (χ2n) is 4.05. The normalized spacial score (nSPS) is 12.5. The Balaban J connectivity index is 2.35. The standard InChI is InChI=1S/C13H20FNO/c1-3-11(15)7-5-9-16-12-8-4-6-10(2)13(12)14/h4,6,8,11H,3,5,7,9,15H2,1-2H3. The summed E-state index contributed by atoms with van der Waals surface area (Å²) in [4.78, 5) is 0. The predicted molar refractivity (Wildman–Crippen MR) is 64.1 cm³/mol. The molecule has 1 unspecified atom stereocenters. The molecule has 1 rings (SSSR count). The van der Waals surface area contributed by atoms with E-state index in [0.717, 1.165) is 19.3 Å². The number of hydrogen-bond acceptors (Lipinski definition) is 2. The van der Waals surface area contributed by atoms with Crippen molar-refractivity contribution in [3.05, 3.63) is 29.6 Å². The van der Waals surface area contributed by atoms with Gasteiger partial charge < -0.3 is 10.5 Å². The van der Waals surface area contributed by atoms with Gasteiger partial charge in [-0.1, -0.05) is 19.1 Å². The number of ether oxygens (including phenoxy) is 1. The average molecular weight is 225 g/mol. The Labute approximate surface area is 96.6 Å². The van der Waals surface area contributed by atoms with Crippen molar-refractivity contribution in [2.24, 2.45) is 5.73 Å². The maximum Gasteiger partial charge on any atom is 0.167 e. The van der Waals surface area contributed by atoms with Crippen molar-refractivity contribution in [1.29, 1.82) is 0 Å². The fraction of sp³-hybridized carbons (Fsp3) is 0.538. The lowest BCUT2D eigenvalue weighted by molar-refractivity contribution is 0.286. The van der Waals surface area contributed by atoms with Gasteiger partial charge >= 0.3 is 0 Å². The van der Waals surface area contributed by atoms with Crippen LogP contribution < -0.4 is 10.5 Å². The molecule has 0 aliphatic rings. The molecule has 0 saturated carbocycles. The van der Waals surface area contributed by atoms with E-state index in [0.29, 0.717) is 17.9 Å². The molecular weight excluding hydrogens is 205 g/mol. The van der Waals surface area contributed by atoms with Crippen LogP contribution in [0.25, 0.3) is 0 Å². The molecule has 0 spiro atoms. The first kappa shape index (κ1) is 13.0. The van der Waals surface area contributed by atoms with Crippen molar-refractivity contribution in [3.63, 3.8) is 0 Å². The van der Waals surface area contributed by atoms with Crippen LogP contribution in [-0.2, 0) is 0 Å². The zero-order valence-corrected chi connectivity index (χ0v) is 10.0. The highest BCUT2D eigenvalue weighted by Gasteiger charge is 2.05. The highest BCUT2D eigenvalue weighted by atomic mass is 19.1. The van der Waals surface area contributed by atoms with Crippen molar-refractivity contribution in [1.82, 2.24) is 0 Å². The van der Waals surface area contributed by atoms with Gasteiger partial charge in [0, 0.05) is 6.04 Å². The van der Waals surface area contributed by atoms with Crippen molar-refractivity contribution in [3.8, 4) is 5.75 Å². The molecule has 1 aromatic carbocycles. The van der Waals surface area contributed by atoms with Crippen LogP contribution in [-0.4, -0.2) is 12.6 Å². The summed E-state index contributed by atoms with van der Waals surface area (Å²) in [7, 11) is 0. The van der Waals surface area contributed by atoms with Crippen LogP contribution in [0.5, 0.6) is 5.75 Å². The summed E-state index contributed by atoms with van der Waals surface area (Å²) in [5.41, 5.74) is 6.39. The number of nitrogens with two attached hydrogens (primary N) is 1. The molecule has 2 nitrogen and oxygen atoms in total. The Morgan fingerprint density at radius 2 is 2.19 bits per heavy atom. The summed E-state index contributed by atoms with van der Waals surface area (Å²) in [6, 6.07) is 5.41. The smallest absolute Gasteiger partial charge is 0.167 e. The van der Waals surface area contributed by atoms with Crippen LogP contribution in [0.4, 0.5) is 4.39 Å². The lowest BCUT2D eigenvalue weighted by atomic mass is 10.1. The van der Waals surface area contributed by atoms with Gasteiger partial charge in [-0.25, -0.2) is 4.39 Å². The maximum atomic E-state index is 13.5. The number of aryl methyl sites for hydroxylation is 1. The molecule has 0 fully saturated rings. The third kappa shape index (κ3) is 3.81. The van der Waals surface area contributed by atoms with Crippen molar-refractivity contribution in [2.75, 3.05) is 6.61 Å². The van der Waals surface area contributed by atoms with Gasteiger partial charge in [0.2, 0.25) is 0 Å². The van der Waals surface area contributed by atoms with Crippen LogP contribution in [0.1, 0.15) is 31.7 Å². The number of hydrogen-bond donors (Lipinski definition) is 1. The molecule has 1 aromatic rings. The van der Waals surface area contributed by atoms with E-state index in [1.165, 1.54) is 0 Å². The van der Waals surface area contributed by atoms with E-state index in [2.05, 4.69) is 6.92 Å². The van der Waals surface area contributed by atoms with Gasteiger partial charge in [0.1, 0.15) is 0 Å². The minimum atomic E-state index is -0.262. The monoisotopic (exact) mass is 225 g/mol. The Hall–Kier alpha value is -1.09. The van der Waals surface area contributed by atoms with Crippen LogP contribution in [0.15, 0.2) is 18.2 Å². The SMILES string of the molecule is CCC(N)CCCOc1cccc(C)c1F. The van der Waals surface area contributed by atoms with Gasteiger partial charge in [-0.3, -0.25) is 0 Å². The second-order valence-corrected chi connectivity index (χ2v) is 4.05. The molecule has 0 saturated heterocycles. The van der Waals surface area contributed by atoms with E-state index in [9.17, 15) is 4.39 Å². The molecule has 0 amide bonds. The Morgan fingerprint density at radius 1 is 1.44 bits per heavy atom. The lowest BCUT2D eigenvalue weighted by Crippen LogP contribution is -2.19. The first-order valence-electron chi connectivity index (χ1n) is 5.78. The van der Waals surface area contributed by atoms with Gasteiger partial charge in [0.05, 0.1) is 6.61 Å². The molecule has 2 N–H and O–H groups in total. The topological polar surface area (TPSA) is 35.2 Å². The van der Waals surface area contributed by atoms with Crippen LogP contribution in [0.2, 0.25) is 0 Å². The number of rotatable bonds is 6. The van der Waals surface area contributed by atoms with Gasteiger partial charge in [0.25, 0.3) is 0 Å². The zero-order chi connectivity index (χ0) is 12.0. The molecule has 0 radical (unpaired) electrons. The molecule has 0 aliphatic carbocycles. The van der Waals surface area contributed by atoms with Crippen molar-refractivity contribution in [2.45, 2.75) is 39.2 Å². The van der Waals surface area contributed by atoms with E-state index >= 15 is 0 Å². The Morgan fingerprint density at radius 3 is 2.88 bits per heavy atom. The van der Waals surface area contributed by atoms with Gasteiger partial charge in [-0.05, 0) is 37.8 Å². The highest BCUT2D eigenvalue weighted by Crippen LogP contribution is 2.19. The molecule has 0 bridgehead atoms. The third-order valence-electron chi connectivity index (χ3n) is 2.66. The predicted octanol–water partition coefficient (Wildman–Crippen LogP) is 3.03. The van der Waals surface area contributed by atoms with Gasteiger partial charge in [-0.15, -0.1) is 0 Å². The molecule has 0 aliphatic heterocycles. The van der Waals surface area contributed by atoms with Crippen LogP contribution >= 0.6 is 0 Å². The van der Waals surface area contributed by atoms with E-state index in [4.69, 9.17) is 10.5 Å². The molecule has 1 atom stereocenters. The quantitative estimate of drug-likeness (QED) is 0.755. The minimum absolute atomic E-state index is 0.228. The van der Waals surface area contributed by atoms with Crippen LogP contribution in [0, 0.1) is 12.7 Å².